The number of methoxy groups -OCH3 is 1. The van der Waals surface area contributed by atoms with Crippen LogP contribution in [0.15, 0.2) is 10.6 Å². The highest BCUT2D eigenvalue weighted by molar-refractivity contribution is 5.79. The number of esters is 1. The molecule has 1 unspecified atom stereocenters. The average Bonchev–Trinajstić information content (AvgIpc) is 2.62. The molecule has 0 aliphatic rings. The molecular weight excluding hydrogens is 196 g/mol. The van der Waals surface area contributed by atoms with Gasteiger partial charge in [0.25, 0.3) is 0 Å². The van der Waals surface area contributed by atoms with Crippen LogP contribution >= 0.6 is 0 Å². The van der Waals surface area contributed by atoms with E-state index in [0.29, 0.717) is 11.5 Å². The molecule has 0 aliphatic heterocycles. The van der Waals surface area contributed by atoms with Gasteiger partial charge in [0.15, 0.2) is 5.41 Å². The SMILES string of the molecule is COC(=O)C(C)(C#N)Cc1cc(C)on1. The van der Waals surface area contributed by atoms with E-state index in [4.69, 9.17) is 9.78 Å². The first kappa shape index (κ1) is 11.2. The fourth-order valence-electron chi connectivity index (χ4n) is 1.25. The smallest absolute Gasteiger partial charge is 0.326 e. The second-order valence-electron chi connectivity index (χ2n) is 3.54. The number of rotatable bonds is 3. The van der Waals surface area contributed by atoms with Crippen LogP contribution in [-0.2, 0) is 16.0 Å². The molecule has 1 heterocycles. The zero-order valence-electron chi connectivity index (χ0n) is 8.90. The van der Waals surface area contributed by atoms with Crippen LogP contribution in [0.2, 0.25) is 0 Å². The van der Waals surface area contributed by atoms with Crippen LogP contribution in [0, 0.1) is 23.7 Å². The maximum absolute atomic E-state index is 11.4. The summed E-state index contributed by atoms with van der Waals surface area (Å²) in [6, 6.07) is 3.62. The van der Waals surface area contributed by atoms with Crippen molar-refractivity contribution in [1.29, 1.82) is 5.26 Å². The van der Waals surface area contributed by atoms with Crippen molar-refractivity contribution in [2.24, 2.45) is 5.41 Å². The van der Waals surface area contributed by atoms with Gasteiger partial charge in [-0.05, 0) is 13.8 Å². The number of aromatic nitrogens is 1. The average molecular weight is 208 g/mol. The molecule has 0 spiro atoms. The van der Waals surface area contributed by atoms with Gasteiger partial charge in [-0.1, -0.05) is 5.16 Å². The summed E-state index contributed by atoms with van der Waals surface area (Å²) in [5.41, 5.74) is -0.639. The number of nitrogens with zero attached hydrogens (tertiary/aromatic N) is 2. The summed E-state index contributed by atoms with van der Waals surface area (Å²) in [5, 5.41) is 12.7. The molecule has 0 N–H and O–H groups in total. The van der Waals surface area contributed by atoms with Crippen molar-refractivity contribution in [2.45, 2.75) is 20.3 Å². The van der Waals surface area contributed by atoms with Crippen molar-refractivity contribution in [3.05, 3.63) is 17.5 Å². The summed E-state index contributed by atoms with van der Waals surface area (Å²) in [6.45, 7) is 3.27. The Balaban J connectivity index is 2.87. The maximum Gasteiger partial charge on any atom is 0.326 e. The summed E-state index contributed by atoms with van der Waals surface area (Å²) in [5.74, 6) is 0.0841. The normalized spacial score (nSPS) is 14.0. The Morgan fingerprint density at radius 2 is 2.47 bits per heavy atom. The van der Waals surface area contributed by atoms with Crippen molar-refractivity contribution in [1.82, 2.24) is 5.16 Å². The van der Waals surface area contributed by atoms with Gasteiger partial charge in [0.2, 0.25) is 0 Å². The van der Waals surface area contributed by atoms with E-state index in [9.17, 15) is 4.79 Å². The fraction of sp³-hybridized carbons (Fsp3) is 0.500. The van der Waals surface area contributed by atoms with Gasteiger partial charge >= 0.3 is 5.97 Å². The second kappa shape index (κ2) is 4.13. The Morgan fingerprint density at radius 1 is 1.80 bits per heavy atom. The Bertz CT molecular complexity index is 405. The minimum Gasteiger partial charge on any atom is -0.468 e. The Labute approximate surface area is 87.6 Å². The van der Waals surface area contributed by atoms with Crippen LogP contribution in [0.3, 0.4) is 0 Å². The lowest BCUT2D eigenvalue weighted by molar-refractivity contribution is -0.148. The van der Waals surface area contributed by atoms with Crippen LogP contribution < -0.4 is 0 Å². The molecule has 80 valence electrons. The van der Waals surface area contributed by atoms with E-state index >= 15 is 0 Å². The van der Waals surface area contributed by atoms with E-state index in [2.05, 4.69) is 9.89 Å². The number of hydrogen-bond acceptors (Lipinski definition) is 5. The summed E-state index contributed by atoms with van der Waals surface area (Å²) in [6.07, 6.45) is 0.188. The standard InChI is InChI=1S/C10H12N2O3/c1-7-4-8(12-15-7)5-10(2,6-11)9(13)14-3/h4H,5H2,1-3H3. The summed E-state index contributed by atoms with van der Waals surface area (Å²) >= 11 is 0. The van der Waals surface area contributed by atoms with E-state index in [1.54, 1.807) is 13.0 Å². The molecule has 1 atom stereocenters. The Morgan fingerprint density at radius 3 is 2.87 bits per heavy atom. The van der Waals surface area contributed by atoms with Crippen LogP contribution in [0.1, 0.15) is 18.4 Å². The van der Waals surface area contributed by atoms with Crippen LogP contribution in [-0.4, -0.2) is 18.2 Å². The third kappa shape index (κ3) is 2.34. The molecule has 5 heteroatoms. The first-order chi connectivity index (χ1) is 7.01. The first-order valence-electron chi connectivity index (χ1n) is 4.43. The molecule has 0 fully saturated rings. The van der Waals surface area contributed by atoms with Crippen LogP contribution in [0.5, 0.6) is 0 Å². The monoisotopic (exact) mass is 208 g/mol. The largest absolute Gasteiger partial charge is 0.468 e. The molecule has 5 nitrogen and oxygen atoms in total. The number of carbonyl (C=O) groups is 1. The summed E-state index contributed by atoms with van der Waals surface area (Å²) < 4.78 is 9.42. The predicted octanol–water partition coefficient (Wildman–Crippen LogP) is 1.23. The highest BCUT2D eigenvalue weighted by Crippen LogP contribution is 2.23. The van der Waals surface area contributed by atoms with Crippen molar-refractivity contribution < 1.29 is 14.1 Å². The molecule has 1 aromatic heterocycles. The molecule has 0 saturated heterocycles. The highest BCUT2D eigenvalue weighted by Gasteiger charge is 2.35. The fourth-order valence-corrected chi connectivity index (χ4v) is 1.25. The Kier molecular flexibility index (Phi) is 3.10. The Hall–Kier alpha value is -1.83. The molecule has 0 radical (unpaired) electrons. The predicted molar refractivity (Wildman–Crippen MR) is 50.7 cm³/mol. The minimum absolute atomic E-state index is 0.188. The lowest BCUT2D eigenvalue weighted by atomic mass is 9.87. The summed E-state index contributed by atoms with van der Waals surface area (Å²) in [4.78, 5) is 11.4. The first-order valence-corrected chi connectivity index (χ1v) is 4.43. The highest BCUT2D eigenvalue weighted by atomic mass is 16.5. The molecule has 1 rings (SSSR count). The number of nitriles is 1. The number of aryl methyl sites for hydroxylation is 1. The molecule has 0 aliphatic carbocycles. The molecule has 1 aromatic rings. The van der Waals surface area contributed by atoms with Gasteiger partial charge in [0, 0.05) is 12.5 Å². The van der Waals surface area contributed by atoms with Gasteiger partial charge in [-0.2, -0.15) is 5.26 Å². The van der Waals surface area contributed by atoms with Gasteiger partial charge < -0.3 is 9.26 Å². The number of ether oxygens (including phenoxy) is 1. The van der Waals surface area contributed by atoms with E-state index in [0.717, 1.165) is 0 Å². The van der Waals surface area contributed by atoms with Crippen molar-refractivity contribution in [3.63, 3.8) is 0 Å². The van der Waals surface area contributed by atoms with E-state index in [1.807, 2.05) is 6.07 Å². The minimum atomic E-state index is -1.21. The molecule has 0 amide bonds. The molecule has 0 saturated carbocycles. The third-order valence-electron chi connectivity index (χ3n) is 2.09. The van der Waals surface area contributed by atoms with Crippen LogP contribution in [0.4, 0.5) is 0 Å². The van der Waals surface area contributed by atoms with Gasteiger partial charge in [-0.3, -0.25) is 4.79 Å². The molecule has 15 heavy (non-hydrogen) atoms. The number of hydrogen-bond donors (Lipinski definition) is 0. The molecular formula is C10H12N2O3. The van der Waals surface area contributed by atoms with Crippen molar-refractivity contribution in [3.8, 4) is 6.07 Å². The van der Waals surface area contributed by atoms with Gasteiger partial charge in [-0.25, -0.2) is 0 Å². The zero-order chi connectivity index (χ0) is 11.5. The third-order valence-corrected chi connectivity index (χ3v) is 2.09. The molecule has 0 aromatic carbocycles. The quantitative estimate of drug-likeness (QED) is 0.698. The van der Waals surface area contributed by atoms with Crippen LogP contribution in [0.25, 0.3) is 0 Å². The second-order valence-corrected chi connectivity index (χ2v) is 3.54. The zero-order valence-corrected chi connectivity index (χ0v) is 8.90. The van der Waals surface area contributed by atoms with E-state index in [1.165, 1.54) is 14.0 Å². The van der Waals surface area contributed by atoms with Gasteiger partial charge in [-0.15, -0.1) is 0 Å². The topological polar surface area (TPSA) is 76.1 Å². The number of carbonyl (C=O) groups excluding carboxylic acids is 1. The molecule has 0 bridgehead atoms. The van der Waals surface area contributed by atoms with E-state index in [-0.39, 0.29) is 6.42 Å². The lowest BCUT2D eigenvalue weighted by Crippen LogP contribution is -2.29. The lowest BCUT2D eigenvalue weighted by Gasteiger charge is -2.16. The van der Waals surface area contributed by atoms with Gasteiger partial charge in [0.05, 0.1) is 18.9 Å². The maximum atomic E-state index is 11.4. The van der Waals surface area contributed by atoms with Crippen molar-refractivity contribution >= 4 is 5.97 Å². The van der Waals surface area contributed by atoms with Crippen molar-refractivity contribution in [2.75, 3.05) is 7.11 Å². The van der Waals surface area contributed by atoms with E-state index < -0.39 is 11.4 Å². The summed E-state index contributed by atoms with van der Waals surface area (Å²) in [7, 11) is 1.26. The van der Waals surface area contributed by atoms with Gasteiger partial charge in [0.1, 0.15) is 5.76 Å².